The zero-order chi connectivity index (χ0) is 19.2. The van der Waals surface area contributed by atoms with E-state index in [-0.39, 0.29) is 12.6 Å². The molecule has 0 N–H and O–H groups in total. The molecule has 0 fully saturated rings. The van der Waals surface area contributed by atoms with Crippen LogP contribution in [0.2, 0.25) is 0 Å². The number of hydrogen-bond donors (Lipinski definition) is 0. The fourth-order valence-corrected chi connectivity index (χ4v) is 3.16. The second-order valence-corrected chi connectivity index (χ2v) is 6.48. The summed E-state index contributed by atoms with van der Waals surface area (Å²) < 4.78 is 7.46. The van der Waals surface area contributed by atoms with Crippen LogP contribution in [0.4, 0.5) is 0 Å². The Balaban J connectivity index is 1.49. The third kappa shape index (κ3) is 4.01. The van der Waals surface area contributed by atoms with E-state index < -0.39 is 5.92 Å². The van der Waals surface area contributed by atoms with E-state index in [1.165, 1.54) is 0 Å². The zero-order valence-electron chi connectivity index (χ0n) is 15.3. The first-order valence-electron chi connectivity index (χ1n) is 9.17. The Morgan fingerprint density at radius 1 is 0.821 bits per heavy atom. The van der Waals surface area contributed by atoms with Crippen LogP contribution < -0.4 is 0 Å². The van der Waals surface area contributed by atoms with Crippen molar-refractivity contribution in [2.24, 2.45) is 0 Å². The van der Waals surface area contributed by atoms with Crippen LogP contribution in [0.3, 0.4) is 0 Å². The van der Waals surface area contributed by atoms with Gasteiger partial charge < -0.3 is 4.74 Å². The number of carbonyl (C=O) groups is 1. The van der Waals surface area contributed by atoms with Crippen molar-refractivity contribution in [1.29, 1.82) is 0 Å². The number of rotatable bonds is 6. The molecule has 4 heteroatoms. The van der Waals surface area contributed by atoms with Crippen molar-refractivity contribution in [3.8, 4) is 5.69 Å². The van der Waals surface area contributed by atoms with Crippen LogP contribution in [0, 0.1) is 0 Å². The van der Waals surface area contributed by atoms with Gasteiger partial charge in [0.2, 0.25) is 0 Å². The van der Waals surface area contributed by atoms with Gasteiger partial charge in [-0.15, -0.1) is 0 Å². The van der Waals surface area contributed by atoms with Gasteiger partial charge in [0.1, 0.15) is 12.5 Å². The van der Waals surface area contributed by atoms with Crippen molar-refractivity contribution in [1.82, 2.24) is 9.78 Å². The maximum Gasteiger partial charge on any atom is 0.318 e. The summed E-state index contributed by atoms with van der Waals surface area (Å²) in [4.78, 5) is 12.9. The summed E-state index contributed by atoms with van der Waals surface area (Å²) in [5.41, 5.74) is 3.75. The van der Waals surface area contributed by atoms with Gasteiger partial charge >= 0.3 is 5.97 Å². The molecule has 0 aliphatic carbocycles. The fraction of sp³-hybridized carbons (Fsp3) is 0.0833. The molecule has 0 aliphatic heterocycles. The van der Waals surface area contributed by atoms with Crippen molar-refractivity contribution in [3.63, 3.8) is 0 Å². The third-order valence-corrected chi connectivity index (χ3v) is 4.59. The normalized spacial score (nSPS) is 10.8. The summed E-state index contributed by atoms with van der Waals surface area (Å²) in [6, 6.07) is 29.2. The maximum absolute atomic E-state index is 12.9. The largest absolute Gasteiger partial charge is 0.460 e. The molecule has 0 saturated carbocycles. The molecule has 4 aromatic rings. The number of benzene rings is 3. The number of esters is 1. The monoisotopic (exact) mass is 368 g/mol. The average Bonchev–Trinajstić information content (AvgIpc) is 3.29. The van der Waals surface area contributed by atoms with Gasteiger partial charge in [0.05, 0.1) is 5.69 Å². The molecule has 0 radical (unpaired) electrons. The second-order valence-electron chi connectivity index (χ2n) is 6.48. The summed E-state index contributed by atoms with van der Waals surface area (Å²) in [5, 5.41) is 4.21. The van der Waals surface area contributed by atoms with Crippen molar-refractivity contribution in [2.75, 3.05) is 0 Å². The van der Waals surface area contributed by atoms with Crippen LogP contribution in [-0.4, -0.2) is 15.7 Å². The predicted molar refractivity (Wildman–Crippen MR) is 108 cm³/mol. The predicted octanol–water partition coefficient (Wildman–Crippen LogP) is 4.75. The molecule has 1 heterocycles. The molecule has 0 atom stereocenters. The summed E-state index contributed by atoms with van der Waals surface area (Å²) in [5.74, 6) is -0.695. The van der Waals surface area contributed by atoms with Crippen molar-refractivity contribution < 1.29 is 9.53 Å². The zero-order valence-corrected chi connectivity index (χ0v) is 15.3. The molecule has 0 bridgehead atoms. The van der Waals surface area contributed by atoms with Gasteiger partial charge in [-0.3, -0.25) is 4.79 Å². The van der Waals surface area contributed by atoms with E-state index in [4.69, 9.17) is 4.74 Å². The Labute approximate surface area is 164 Å². The van der Waals surface area contributed by atoms with E-state index in [9.17, 15) is 4.79 Å². The van der Waals surface area contributed by atoms with Crippen LogP contribution >= 0.6 is 0 Å². The highest BCUT2D eigenvalue weighted by Gasteiger charge is 2.24. The van der Waals surface area contributed by atoms with E-state index in [1.54, 1.807) is 10.9 Å². The van der Waals surface area contributed by atoms with Crippen LogP contribution in [-0.2, 0) is 16.1 Å². The SMILES string of the molecule is O=C(OCc1ccc(-n2cccn2)cc1)C(c1ccccc1)c1ccccc1. The molecule has 0 unspecified atom stereocenters. The van der Waals surface area contributed by atoms with Crippen LogP contribution in [0.1, 0.15) is 22.6 Å². The number of aromatic nitrogens is 2. The summed E-state index contributed by atoms with van der Waals surface area (Å²) >= 11 is 0. The second kappa shape index (κ2) is 8.35. The highest BCUT2D eigenvalue weighted by molar-refractivity contribution is 5.82. The minimum atomic E-state index is -0.439. The van der Waals surface area contributed by atoms with E-state index in [2.05, 4.69) is 5.10 Å². The molecule has 0 saturated heterocycles. The Bertz CT molecular complexity index is 972. The van der Waals surface area contributed by atoms with E-state index in [0.717, 1.165) is 22.4 Å². The molecule has 0 aliphatic rings. The van der Waals surface area contributed by atoms with Crippen LogP contribution in [0.5, 0.6) is 0 Å². The molecule has 3 aromatic carbocycles. The Hall–Kier alpha value is -3.66. The van der Waals surface area contributed by atoms with Crippen molar-refractivity contribution >= 4 is 5.97 Å². The highest BCUT2D eigenvalue weighted by atomic mass is 16.5. The molecule has 138 valence electrons. The van der Waals surface area contributed by atoms with E-state index >= 15 is 0 Å². The van der Waals surface area contributed by atoms with Gasteiger partial charge in [0, 0.05) is 12.4 Å². The minimum absolute atomic E-state index is 0.231. The molecular weight excluding hydrogens is 348 g/mol. The maximum atomic E-state index is 12.9. The van der Waals surface area contributed by atoms with E-state index in [0.29, 0.717) is 0 Å². The number of carbonyl (C=O) groups excluding carboxylic acids is 1. The third-order valence-electron chi connectivity index (χ3n) is 4.59. The molecule has 4 nitrogen and oxygen atoms in total. The molecular formula is C24H20N2O2. The smallest absolute Gasteiger partial charge is 0.318 e. The van der Waals surface area contributed by atoms with Gasteiger partial charge in [-0.25, -0.2) is 4.68 Å². The van der Waals surface area contributed by atoms with E-state index in [1.807, 2.05) is 97.2 Å². The van der Waals surface area contributed by atoms with Crippen molar-refractivity contribution in [3.05, 3.63) is 120 Å². The van der Waals surface area contributed by atoms with Crippen LogP contribution in [0.15, 0.2) is 103 Å². The number of hydrogen-bond acceptors (Lipinski definition) is 3. The Morgan fingerprint density at radius 3 is 1.96 bits per heavy atom. The topological polar surface area (TPSA) is 44.1 Å². The fourth-order valence-electron chi connectivity index (χ4n) is 3.16. The standard InChI is InChI=1S/C24H20N2O2/c27-24(23(20-8-3-1-4-9-20)21-10-5-2-6-11-21)28-18-19-12-14-22(15-13-19)26-17-7-16-25-26/h1-17,23H,18H2. The van der Waals surface area contributed by atoms with Gasteiger partial charge in [0.15, 0.2) is 0 Å². The summed E-state index contributed by atoms with van der Waals surface area (Å²) in [7, 11) is 0. The first-order chi connectivity index (χ1) is 13.8. The lowest BCUT2D eigenvalue weighted by atomic mass is 9.91. The van der Waals surface area contributed by atoms with Crippen LogP contribution in [0.25, 0.3) is 5.69 Å². The summed E-state index contributed by atoms with van der Waals surface area (Å²) in [6.07, 6.45) is 3.63. The highest BCUT2D eigenvalue weighted by Crippen LogP contribution is 2.26. The first kappa shape index (κ1) is 17.7. The molecule has 28 heavy (non-hydrogen) atoms. The lowest BCUT2D eigenvalue weighted by Crippen LogP contribution is -2.17. The lowest BCUT2D eigenvalue weighted by Gasteiger charge is -2.17. The Morgan fingerprint density at radius 2 is 1.43 bits per heavy atom. The average molecular weight is 368 g/mol. The molecule has 1 aromatic heterocycles. The van der Waals surface area contributed by atoms with Gasteiger partial charge in [0.25, 0.3) is 0 Å². The molecule has 0 amide bonds. The molecule has 4 rings (SSSR count). The quantitative estimate of drug-likeness (QED) is 0.462. The van der Waals surface area contributed by atoms with Gasteiger partial charge in [-0.2, -0.15) is 5.10 Å². The van der Waals surface area contributed by atoms with Gasteiger partial charge in [-0.1, -0.05) is 72.8 Å². The first-order valence-corrected chi connectivity index (χ1v) is 9.17. The Kier molecular flexibility index (Phi) is 5.29. The lowest BCUT2D eigenvalue weighted by molar-refractivity contribution is -0.145. The summed E-state index contributed by atoms with van der Waals surface area (Å²) in [6.45, 7) is 0.231. The van der Waals surface area contributed by atoms with Crippen molar-refractivity contribution in [2.45, 2.75) is 12.5 Å². The molecule has 0 spiro atoms. The van der Waals surface area contributed by atoms with Gasteiger partial charge in [-0.05, 0) is 34.9 Å². The number of ether oxygens (including phenoxy) is 1. The number of nitrogens with zero attached hydrogens (tertiary/aromatic N) is 2. The minimum Gasteiger partial charge on any atom is -0.460 e.